The van der Waals surface area contributed by atoms with E-state index in [0.717, 1.165) is 28.5 Å². The van der Waals surface area contributed by atoms with Gasteiger partial charge >= 0.3 is 0 Å². The summed E-state index contributed by atoms with van der Waals surface area (Å²) in [6.07, 6.45) is 2.70. The molecule has 0 spiro atoms. The summed E-state index contributed by atoms with van der Waals surface area (Å²) in [5.41, 5.74) is 5.69. The first kappa shape index (κ1) is 15.6. The molecule has 0 aliphatic heterocycles. The maximum atomic E-state index is 11.0. The van der Waals surface area contributed by atoms with E-state index in [1.54, 1.807) is 12.1 Å². The number of benzene rings is 3. The van der Waals surface area contributed by atoms with Crippen molar-refractivity contribution in [3.63, 3.8) is 0 Å². The second kappa shape index (κ2) is 6.19. The maximum Gasteiger partial charge on any atom is 0.150 e. The van der Waals surface area contributed by atoms with Crippen molar-refractivity contribution in [1.82, 2.24) is 9.78 Å². The molecule has 0 unspecified atom stereocenters. The molecule has 4 heteroatoms. The van der Waals surface area contributed by atoms with Crippen LogP contribution >= 0.6 is 11.6 Å². The Kier molecular flexibility index (Phi) is 3.86. The van der Waals surface area contributed by atoms with Crippen LogP contribution in [0.3, 0.4) is 0 Å². The van der Waals surface area contributed by atoms with E-state index in [2.05, 4.69) is 30.2 Å². The lowest BCUT2D eigenvalue weighted by atomic mass is 9.99. The molecule has 3 aromatic carbocycles. The van der Waals surface area contributed by atoms with Gasteiger partial charge in [0.15, 0.2) is 0 Å². The highest BCUT2D eigenvalue weighted by Crippen LogP contribution is 2.30. The molecule has 0 saturated heterocycles. The van der Waals surface area contributed by atoms with Gasteiger partial charge in [0.1, 0.15) is 11.8 Å². The van der Waals surface area contributed by atoms with Crippen LogP contribution in [-0.2, 0) is 0 Å². The van der Waals surface area contributed by atoms with Crippen molar-refractivity contribution in [2.24, 2.45) is 0 Å². The van der Waals surface area contributed by atoms with Gasteiger partial charge in [0.2, 0.25) is 0 Å². The molecule has 0 radical (unpaired) electrons. The van der Waals surface area contributed by atoms with Crippen LogP contribution in [0.1, 0.15) is 15.9 Å². The van der Waals surface area contributed by atoms with E-state index in [1.807, 2.05) is 41.2 Å². The van der Waals surface area contributed by atoms with Gasteiger partial charge < -0.3 is 0 Å². The van der Waals surface area contributed by atoms with E-state index in [0.29, 0.717) is 16.1 Å². The SMILES string of the molecule is Cc1c(-c2ccccc2)cccc1-n1cc2cc(C=O)cc(Cl)c2n1. The van der Waals surface area contributed by atoms with E-state index < -0.39 is 0 Å². The Labute approximate surface area is 150 Å². The minimum Gasteiger partial charge on any atom is -0.298 e. The second-order valence-electron chi connectivity index (χ2n) is 5.95. The van der Waals surface area contributed by atoms with Crippen LogP contribution in [0.5, 0.6) is 0 Å². The molecule has 25 heavy (non-hydrogen) atoms. The minimum absolute atomic E-state index is 0.482. The van der Waals surface area contributed by atoms with E-state index >= 15 is 0 Å². The van der Waals surface area contributed by atoms with Crippen LogP contribution in [0.25, 0.3) is 27.7 Å². The van der Waals surface area contributed by atoms with Gasteiger partial charge in [-0.2, -0.15) is 5.10 Å². The molecule has 0 bridgehead atoms. The van der Waals surface area contributed by atoms with Gasteiger partial charge in [-0.1, -0.05) is 54.1 Å². The van der Waals surface area contributed by atoms with Crippen molar-refractivity contribution < 1.29 is 4.79 Å². The first-order valence-corrected chi connectivity index (χ1v) is 8.34. The number of carbonyl (C=O) groups is 1. The lowest BCUT2D eigenvalue weighted by Crippen LogP contribution is -1.99. The van der Waals surface area contributed by atoms with Crippen molar-refractivity contribution in [3.8, 4) is 16.8 Å². The standard InChI is InChI=1S/C21H15ClN2O/c1-14-18(16-6-3-2-4-7-16)8-5-9-20(14)24-12-17-10-15(13-25)11-19(22)21(17)23-24/h2-13H,1H3. The Balaban J connectivity index is 1.89. The summed E-state index contributed by atoms with van der Waals surface area (Å²) in [5.74, 6) is 0. The average molecular weight is 347 g/mol. The third-order valence-corrected chi connectivity index (χ3v) is 4.65. The number of hydrogen-bond donors (Lipinski definition) is 0. The highest BCUT2D eigenvalue weighted by molar-refractivity contribution is 6.35. The summed E-state index contributed by atoms with van der Waals surface area (Å²) in [4.78, 5) is 11.0. The molecular formula is C21H15ClN2O. The van der Waals surface area contributed by atoms with Crippen molar-refractivity contribution >= 4 is 28.8 Å². The predicted molar refractivity (Wildman–Crippen MR) is 102 cm³/mol. The smallest absolute Gasteiger partial charge is 0.150 e. The summed E-state index contributed by atoms with van der Waals surface area (Å²) in [7, 11) is 0. The number of nitrogens with zero attached hydrogens (tertiary/aromatic N) is 2. The summed E-state index contributed by atoms with van der Waals surface area (Å²) in [6.45, 7) is 2.09. The van der Waals surface area contributed by atoms with Gasteiger partial charge in [-0.15, -0.1) is 0 Å². The summed E-state index contributed by atoms with van der Waals surface area (Å²) >= 11 is 6.27. The molecular weight excluding hydrogens is 332 g/mol. The predicted octanol–water partition coefficient (Wildman–Crippen LogP) is 5.47. The highest BCUT2D eigenvalue weighted by atomic mass is 35.5. The lowest BCUT2D eigenvalue weighted by Gasteiger charge is -2.11. The van der Waals surface area contributed by atoms with E-state index in [4.69, 9.17) is 11.6 Å². The largest absolute Gasteiger partial charge is 0.298 e. The third-order valence-electron chi connectivity index (χ3n) is 4.36. The molecule has 0 atom stereocenters. The topological polar surface area (TPSA) is 34.9 Å². The van der Waals surface area contributed by atoms with Gasteiger partial charge in [-0.05, 0) is 41.8 Å². The fraction of sp³-hybridized carbons (Fsp3) is 0.0476. The van der Waals surface area contributed by atoms with Gasteiger partial charge in [-0.3, -0.25) is 4.79 Å². The molecule has 1 aromatic heterocycles. The summed E-state index contributed by atoms with van der Waals surface area (Å²) in [6, 6.07) is 19.9. The number of hydrogen-bond acceptors (Lipinski definition) is 2. The number of halogens is 1. The van der Waals surface area contributed by atoms with Crippen LogP contribution in [0.2, 0.25) is 5.02 Å². The van der Waals surface area contributed by atoms with Crippen LogP contribution < -0.4 is 0 Å². The Morgan fingerprint density at radius 3 is 2.60 bits per heavy atom. The van der Waals surface area contributed by atoms with Crippen molar-refractivity contribution in [1.29, 1.82) is 0 Å². The van der Waals surface area contributed by atoms with Crippen LogP contribution in [0.15, 0.2) is 66.9 Å². The molecule has 1 heterocycles. The molecule has 122 valence electrons. The van der Waals surface area contributed by atoms with E-state index in [9.17, 15) is 4.79 Å². The van der Waals surface area contributed by atoms with Gasteiger partial charge in [0.05, 0.1) is 10.7 Å². The molecule has 0 N–H and O–H groups in total. The Morgan fingerprint density at radius 2 is 1.84 bits per heavy atom. The van der Waals surface area contributed by atoms with Crippen molar-refractivity contribution in [2.45, 2.75) is 6.92 Å². The van der Waals surface area contributed by atoms with Crippen LogP contribution in [-0.4, -0.2) is 16.1 Å². The van der Waals surface area contributed by atoms with E-state index in [-0.39, 0.29) is 0 Å². The molecule has 0 aliphatic rings. The monoisotopic (exact) mass is 346 g/mol. The number of carbonyl (C=O) groups excluding carboxylic acids is 1. The number of rotatable bonds is 3. The second-order valence-corrected chi connectivity index (χ2v) is 6.36. The lowest BCUT2D eigenvalue weighted by molar-refractivity contribution is 0.112. The quantitative estimate of drug-likeness (QED) is 0.461. The molecule has 0 aliphatic carbocycles. The first-order chi connectivity index (χ1) is 12.2. The van der Waals surface area contributed by atoms with Crippen LogP contribution in [0.4, 0.5) is 0 Å². The number of aldehydes is 1. The van der Waals surface area contributed by atoms with Crippen molar-refractivity contribution in [3.05, 3.63) is 83.0 Å². The van der Waals surface area contributed by atoms with Gasteiger partial charge in [-0.25, -0.2) is 4.68 Å². The Hall–Kier alpha value is -2.91. The molecule has 0 amide bonds. The third kappa shape index (κ3) is 2.73. The number of fused-ring (bicyclic) bond motifs is 1. The molecule has 0 saturated carbocycles. The van der Waals surface area contributed by atoms with Gasteiger partial charge in [0, 0.05) is 17.1 Å². The fourth-order valence-electron chi connectivity index (χ4n) is 3.11. The molecule has 0 fully saturated rings. The molecule has 4 aromatic rings. The summed E-state index contributed by atoms with van der Waals surface area (Å²) in [5, 5.41) is 5.95. The average Bonchev–Trinajstić information content (AvgIpc) is 3.07. The first-order valence-electron chi connectivity index (χ1n) is 7.97. The normalized spacial score (nSPS) is 11.0. The Morgan fingerprint density at radius 1 is 1.04 bits per heavy atom. The molecule has 3 nitrogen and oxygen atoms in total. The number of aromatic nitrogens is 2. The molecule has 4 rings (SSSR count). The zero-order valence-corrected chi connectivity index (χ0v) is 14.4. The Bertz CT molecular complexity index is 1080. The zero-order chi connectivity index (χ0) is 17.4. The highest BCUT2D eigenvalue weighted by Gasteiger charge is 2.12. The minimum atomic E-state index is 0.482. The summed E-state index contributed by atoms with van der Waals surface area (Å²) < 4.78 is 1.83. The maximum absolute atomic E-state index is 11.0. The van der Waals surface area contributed by atoms with Crippen LogP contribution in [0, 0.1) is 6.92 Å². The zero-order valence-electron chi connectivity index (χ0n) is 13.6. The van der Waals surface area contributed by atoms with Gasteiger partial charge in [0.25, 0.3) is 0 Å². The fourth-order valence-corrected chi connectivity index (χ4v) is 3.38. The van der Waals surface area contributed by atoms with Crippen molar-refractivity contribution in [2.75, 3.05) is 0 Å². The van der Waals surface area contributed by atoms with E-state index in [1.165, 1.54) is 5.56 Å².